The Morgan fingerprint density at radius 3 is 2.42 bits per heavy atom. The molecule has 0 aromatic carbocycles. The van der Waals surface area contributed by atoms with Gasteiger partial charge in [-0.2, -0.15) is 0 Å². The molecule has 1 amide bonds. The van der Waals surface area contributed by atoms with Gasteiger partial charge in [0.15, 0.2) is 0 Å². The zero-order chi connectivity index (χ0) is 13.4. The van der Waals surface area contributed by atoms with Gasteiger partial charge in [0.2, 0.25) is 0 Å². The van der Waals surface area contributed by atoms with Gasteiger partial charge in [-0.3, -0.25) is 9.69 Å². The van der Waals surface area contributed by atoms with Gasteiger partial charge in [-0.25, -0.2) is 0 Å². The number of nitrogens with zero attached hydrogens (tertiary/aromatic N) is 2. The van der Waals surface area contributed by atoms with Crippen LogP contribution in [-0.4, -0.2) is 61.0 Å². The molecular weight excluding hydrogens is 242 g/mol. The van der Waals surface area contributed by atoms with E-state index in [4.69, 9.17) is 4.42 Å². The predicted octanol–water partition coefficient (Wildman–Crippen LogP) is 0.626. The molecule has 0 unspecified atom stereocenters. The van der Waals surface area contributed by atoms with Crippen LogP contribution in [0.1, 0.15) is 21.9 Å². The third-order valence-electron chi connectivity index (χ3n) is 4.15. The predicted molar refractivity (Wildman–Crippen MR) is 72.3 cm³/mol. The van der Waals surface area contributed by atoms with Crippen LogP contribution in [0.2, 0.25) is 0 Å². The number of piperazine rings is 1. The quantitative estimate of drug-likeness (QED) is 0.850. The summed E-state index contributed by atoms with van der Waals surface area (Å²) < 4.78 is 5.45. The van der Waals surface area contributed by atoms with Crippen LogP contribution < -0.4 is 5.32 Å². The van der Waals surface area contributed by atoms with Crippen molar-refractivity contribution >= 4 is 5.91 Å². The highest BCUT2D eigenvalue weighted by atomic mass is 16.3. The third kappa shape index (κ3) is 2.40. The molecule has 0 atom stereocenters. The Morgan fingerprint density at radius 2 is 1.95 bits per heavy atom. The molecule has 0 radical (unpaired) electrons. The van der Waals surface area contributed by atoms with E-state index in [-0.39, 0.29) is 5.91 Å². The van der Waals surface area contributed by atoms with E-state index in [1.165, 1.54) is 0 Å². The average molecular weight is 263 g/mol. The lowest BCUT2D eigenvalue weighted by Gasteiger charge is -2.43. The van der Waals surface area contributed by atoms with Crippen LogP contribution in [0.15, 0.2) is 10.5 Å². The molecule has 1 aromatic rings. The standard InChI is InChI=1S/C14H21N3O2/c1-10-7-13(11(2)19-10)14(18)17-5-3-16(4-6-17)12-8-15-9-12/h7,12,15H,3-6,8-9H2,1-2H3. The van der Waals surface area contributed by atoms with Gasteiger partial charge >= 0.3 is 0 Å². The molecule has 3 rings (SSSR count). The van der Waals surface area contributed by atoms with Crippen LogP contribution in [0, 0.1) is 13.8 Å². The number of hydrogen-bond acceptors (Lipinski definition) is 4. The molecule has 2 aliphatic heterocycles. The van der Waals surface area contributed by atoms with Crippen molar-refractivity contribution in [3.8, 4) is 0 Å². The van der Waals surface area contributed by atoms with Gasteiger partial charge in [-0.05, 0) is 19.9 Å². The van der Waals surface area contributed by atoms with E-state index >= 15 is 0 Å². The summed E-state index contributed by atoms with van der Waals surface area (Å²) in [6.45, 7) is 9.52. The van der Waals surface area contributed by atoms with Crippen molar-refractivity contribution in [1.29, 1.82) is 0 Å². The highest BCUT2D eigenvalue weighted by molar-refractivity contribution is 5.95. The largest absolute Gasteiger partial charge is 0.466 e. The maximum absolute atomic E-state index is 12.4. The third-order valence-corrected chi connectivity index (χ3v) is 4.15. The Balaban J connectivity index is 1.61. The van der Waals surface area contributed by atoms with E-state index in [0.29, 0.717) is 6.04 Å². The molecule has 0 saturated carbocycles. The SMILES string of the molecule is Cc1cc(C(=O)N2CCN(C3CNC3)CC2)c(C)o1. The van der Waals surface area contributed by atoms with Crippen LogP contribution in [-0.2, 0) is 0 Å². The van der Waals surface area contributed by atoms with Crippen molar-refractivity contribution in [2.45, 2.75) is 19.9 Å². The van der Waals surface area contributed by atoms with Gasteiger partial charge in [0, 0.05) is 45.3 Å². The molecule has 2 fully saturated rings. The lowest BCUT2D eigenvalue weighted by molar-refractivity contribution is 0.0500. The van der Waals surface area contributed by atoms with Crippen molar-refractivity contribution < 1.29 is 9.21 Å². The van der Waals surface area contributed by atoms with Gasteiger partial charge in [0.05, 0.1) is 5.56 Å². The second-order valence-electron chi connectivity index (χ2n) is 5.47. The Labute approximate surface area is 113 Å². The second kappa shape index (κ2) is 4.98. The summed E-state index contributed by atoms with van der Waals surface area (Å²) in [5, 5.41) is 3.29. The summed E-state index contributed by atoms with van der Waals surface area (Å²) >= 11 is 0. The summed E-state index contributed by atoms with van der Waals surface area (Å²) in [7, 11) is 0. The minimum atomic E-state index is 0.112. The first-order valence-electron chi connectivity index (χ1n) is 6.96. The minimum absolute atomic E-state index is 0.112. The fourth-order valence-electron chi connectivity index (χ4n) is 2.84. The molecular formula is C14H21N3O2. The van der Waals surface area contributed by atoms with E-state index in [1.54, 1.807) is 0 Å². The molecule has 5 heteroatoms. The number of amides is 1. The number of nitrogens with one attached hydrogen (secondary N) is 1. The van der Waals surface area contributed by atoms with Crippen LogP contribution in [0.5, 0.6) is 0 Å². The van der Waals surface area contributed by atoms with E-state index in [2.05, 4.69) is 10.2 Å². The van der Waals surface area contributed by atoms with Crippen LogP contribution in [0.4, 0.5) is 0 Å². The molecule has 19 heavy (non-hydrogen) atoms. The van der Waals surface area contributed by atoms with Crippen molar-refractivity contribution in [1.82, 2.24) is 15.1 Å². The lowest BCUT2D eigenvalue weighted by atomic mass is 10.1. The number of hydrogen-bond donors (Lipinski definition) is 1. The number of carbonyl (C=O) groups excluding carboxylic acids is 1. The van der Waals surface area contributed by atoms with E-state index in [1.807, 2.05) is 24.8 Å². The monoisotopic (exact) mass is 263 g/mol. The first-order chi connectivity index (χ1) is 9.15. The Hall–Kier alpha value is -1.33. The van der Waals surface area contributed by atoms with Crippen LogP contribution in [0.25, 0.3) is 0 Å². The Morgan fingerprint density at radius 1 is 1.26 bits per heavy atom. The minimum Gasteiger partial charge on any atom is -0.466 e. The van der Waals surface area contributed by atoms with Gasteiger partial charge in [-0.15, -0.1) is 0 Å². The van der Waals surface area contributed by atoms with Gasteiger partial charge < -0.3 is 14.6 Å². The van der Waals surface area contributed by atoms with Crippen molar-refractivity contribution in [2.24, 2.45) is 0 Å². The maximum Gasteiger partial charge on any atom is 0.257 e. The van der Waals surface area contributed by atoms with Crippen molar-refractivity contribution in [3.63, 3.8) is 0 Å². The molecule has 5 nitrogen and oxygen atoms in total. The molecule has 2 aliphatic rings. The molecule has 1 N–H and O–H groups in total. The normalized spacial score (nSPS) is 21.5. The maximum atomic E-state index is 12.4. The molecule has 0 bridgehead atoms. The van der Waals surface area contributed by atoms with Crippen LogP contribution in [0.3, 0.4) is 0 Å². The smallest absolute Gasteiger partial charge is 0.257 e. The van der Waals surface area contributed by atoms with Crippen LogP contribution >= 0.6 is 0 Å². The summed E-state index contributed by atoms with van der Waals surface area (Å²) in [6, 6.07) is 2.52. The molecule has 104 valence electrons. The first kappa shape index (κ1) is 12.7. The van der Waals surface area contributed by atoms with E-state index < -0.39 is 0 Å². The zero-order valence-electron chi connectivity index (χ0n) is 11.6. The molecule has 1 aromatic heterocycles. The summed E-state index contributed by atoms with van der Waals surface area (Å²) in [5.74, 6) is 1.65. The molecule has 3 heterocycles. The molecule has 2 saturated heterocycles. The van der Waals surface area contributed by atoms with Crippen molar-refractivity contribution in [3.05, 3.63) is 23.2 Å². The Kier molecular flexibility index (Phi) is 3.33. The number of aryl methyl sites for hydroxylation is 2. The fraction of sp³-hybridized carbons (Fsp3) is 0.643. The highest BCUT2D eigenvalue weighted by Crippen LogP contribution is 2.18. The highest BCUT2D eigenvalue weighted by Gasteiger charge is 2.30. The zero-order valence-corrected chi connectivity index (χ0v) is 11.6. The van der Waals surface area contributed by atoms with Gasteiger partial charge in [0.25, 0.3) is 5.91 Å². The topological polar surface area (TPSA) is 48.7 Å². The van der Waals surface area contributed by atoms with Gasteiger partial charge in [-0.1, -0.05) is 0 Å². The first-order valence-corrected chi connectivity index (χ1v) is 6.96. The fourth-order valence-corrected chi connectivity index (χ4v) is 2.84. The summed E-state index contributed by atoms with van der Waals surface area (Å²) in [4.78, 5) is 16.9. The van der Waals surface area contributed by atoms with E-state index in [9.17, 15) is 4.79 Å². The van der Waals surface area contributed by atoms with Crippen molar-refractivity contribution in [2.75, 3.05) is 39.3 Å². The van der Waals surface area contributed by atoms with Gasteiger partial charge in [0.1, 0.15) is 11.5 Å². The second-order valence-corrected chi connectivity index (χ2v) is 5.47. The number of carbonyl (C=O) groups is 1. The number of furan rings is 1. The molecule has 0 spiro atoms. The summed E-state index contributed by atoms with van der Waals surface area (Å²) in [6.07, 6.45) is 0. The number of rotatable bonds is 2. The summed E-state index contributed by atoms with van der Waals surface area (Å²) in [5.41, 5.74) is 0.719. The molecule has 0 aliphatic carbocycles. The van der Waals surface area contributed by atoms with E-state index in [0.717, 1.165) is 56.4 Å². The lowest BCUT2D eigenvalue weighted by Crippen LogP contribution is -2.62. The Bertz CT molecular complexity index is 471. The average Bonchev–Trinajstić information content (AvgIpc) is 2.66.